The first-order chi connectivity index (χ1) is 9.61. The van der Waals surface area contributed by atoms with Crippen molar-refractivity contribution in [2.45, 2.75) is 44.7 Å². The molecule has 1 aromatic rings. The number of amides is 1. The Kier molecular flexibility index (Phi) is 4.61. The van der Waals surface area contributed by atoms with Crippen molar-refractivity contribution < 1.29 is 14.7 Å². The van der Waals surface area contributed by atoms with E-state index in [1.54, 1.807) is 0 Å². The Bertz CT molecular complexity index is 477. The highest BCUT2D eigenvalue weighted by molar-refractivity contribution is 5.90. The molecule has 1 aliphatic rings. The van der Waals surface area contributed by atoms with Gasteiger partial charge in [-0.25, -0.2) is 4.79 Å². The molecule has 5 nitrogen and oxygen atoms in total. The number of unbranched alkanes of at least 4 members (excludes halogenated alkanes) is 1. The molecule has 0 aliphatic carbocycles. The fraction of sp³-hybridized carbons (Fsp3) is 0.467. The normalized spacial score (nSPS) is 17.9. The fourth-order valence-corrected chi connectivity index (χ4v) is 2.39. The SMILES string of the molecule is CCCCC(NC(=O)C1Cc2ccccc2N1)C(=O)O. The minimum Gasteiger partial charge on any atom is -0.480 e. The Balaban J connectivity index is 1.94. The number of aliphatic carboxylic acids is 1. The summed E-state index contributed by atoms with van der Waals surface area (Å²) < 4.78 is 0. The van der Waals surface area contributed by atoms with Gasteiger partial charge in [0.05, 0.1) is 0 Å². The summed E-state index contributed by atoms with van der Waals surface area (Å²) in [5.74, 6) is -1.22. The molecule has 2 unspecified atom stereocenters. The lowest BCUT2D eigenvalue weighted by molar-refractivity contribution is -0.142. The van der Waals surface area contributed by atoms with Crippen LogP contribution in [0.15, 0.2) is 24.3 Å². The van der Waals surface area contributed by atoms with Gasteiger partial charge in [-0.2, -0.15) is 0 Å². The first-order valence-corrected chi connectivity index (χ1v) is 6.99. The van der Waals surface area contributed by atoms with Gasteiger partial charge in [0, 0.05) is 12.1 Å². The Morgan fingerprint density at radius 2 is 2.20 bits per heavy atom. The van der Waals surface area contributed by atoms with Crippen LogP contribution >= 0.6 is 0 Å². The molecule has 0 fully saturated rings. The van der Waals surface area contributed by atoms with Crippen molar-refractivity contribution >= 4 is 17.6 Å². The van der Waals surface area contributed by atoms with Gasteiger partial charge in [-0.05, 0) is 18.1 Å². The molecule has 1 heterocycles. The van der Waals surface area contributed by atoms with Crippen LogP contribution in [0.3, 0.4) is 0 Å². The Morgan fingerprint density at radius 1 is 1.45 bits per heavy atom. The zero-order valence-corrected chi connectivity index (χ0v) is 11.6. The second-order valence-corrected chi connectivity index (χ2v) is 5.10. The highest BCUT2D eigenvalue weighted by Crippen LogP contribution is 2.25. The molecule has 0 saturated carbocycles. The van der Waals surface area contributed by atoms with Gasteiger partial charge in [0.25, 0.3) is 0 Å². The number of fused-ring (bicyclic) bond motifs is 1. The lowest BCUT2D eigenvalue weighted by Gasteiger charge is -2.17. The average Bonchev–Trinajstić information content (AvgIpc) is 2.86. The van der Waals surface area contributed by atoms with Crippen molar-refractivity contribution in [3.63, 3.8) is 0 Å². The predicted molar refractivity (Wildman–Crippen MR) is 76.6 cm³/mol. The van der Waals surface area contributed by atoms with Crippen LogP contribution in [0.1, 0.15) is 31.7 Å². The van der Waals surface area contributed by atoms with Gasteiger partial charge in [0.15, 0.2) is 0 Å². The summed E-state index contributed by atoms with van der Waals surface area (Å²) in [4.78, 5) is 23.3. The molecule has 0 bridgehead atoms. The lowest BCUT2D eigenvalue weighted by atomic mass is 10.1. The number of carbonyl (C=O) groups excluding carboxylic acids is 1. The van der Waals surface area contributed by atoms with E-state index in [2.05, 4.69) is 10.6 Å². The third kappa shape index (κ3) is 3.29. The van der Waals surface area contributed by atoms with E-state index in [0.717, 1.165) is 24.1 Å². The number of hydrogen-bond donors (Lipinski definition) is 3. The summed E-state index contributed by atoms with van der Waals surface area (Å²) in [6, 6.07) is 6.56. The van der Waals surface area contributed by atoms with Crippen molar-refractivity contribution in [2.24, 2.45) is 0 Å². The molecule has 3 N–H and O–H groups in total. The predicted octanol–water partition coefficient (Wildman–Crippen LogP) is 1.78. The van der Waals surface area contributed by atoms with Crippen molar-refractivity contribution in [1.29, 1.82) is 0 Å². The molecular weight excluding hydrogens is 256 g/mol. The van der Waals surface area contributed by atoms with Crippen molar-refractivity contribution in [3.8, 4) is 0 Å². The topological polar surface area (TPSA) is 78.4 Å². The first kappa shape index (κ1) is 14.4. The second-order valence-electron chi connectivity index (χ2n) is 5.10. The molecule has 0 aromatic heterocycles. The van der Waals surface area contributed by atoms with Crippen molar-refractivity contribution in [1.82, 2.24) is 5.32 Å². The number of rotatable bonds is 6. The van der Waals surface area contributed by atoms with Gasteiger partial charge in [-0.1, -0.05) is 38.0 Å². The number of carbonyl (C=O) groups is 2. The maximum absolute atomic E-state index is 12.2. The first-order valence-electron chi connectivity index (χ1n) is 6.99. The van der Waals surface area contributed by atoms with Gasteiger partial charge in [0.2, 0.25) is 5.91 Å². The quantitative estimate of drug-likeness (QED) is 0.740. The largest absolute Gasteiger partial charge is 0.480 e. The molecule has 2 atom stereocenters. The molecule has 0 saturated heterocycles. The zero-order chi connectivity index (χ0) is 14.5. The molecular formula is C15H20N2O3. The monoisotopic (exact) mass is 276 g/mol. The molecule has 1 aromatic carbocycles. The Labute approximate surface area is 118 Å². The molecule has 20 heavy (non-hydrogen) atoms. The fourth-order valence-electron chi connectivity index (χ4n) is 2.39. The second kappa shape index (κ2) is 6.41. The Morgan fingerprint density at radius 3 is 2.85 bits per heavy atom. The van der Waals surface area contributed by atoms with E-state index < -0.39 is 12.0 Å². The molecule has 1 aliphatic heterocycles. The molecule has 1 amide bonds. The van der Waals surface area contributed by atoms with E-state index in [4.69, 9.17) is 5.11 Å². The van der Waals surface area contributed by atoms with Crippen LogP contribution in [-0.2, 0) is 16.0 Å². The minimum absolute atomic E-state index is 0.246. The third-order valence-corrected chi connectivity index (χ3v) is 3.55. The third-order valence-electron chi connectivity index (χ3n) is 3.55. The number of para-hydroxylation sites is 1. The maximum Gasteiger partial charge on any atom is 0.326 e. The maximum atomic E-state index is 12.2. The van der Waals surface area contributed by atoms with E-state index >= 15 is 0 Å². The van der Waals surface area contributed by atoms with Crippen LogP contribution in [0, 0.1) is 0 Å². The van der Waals surface area contributed by atoms with E-state index in [0.29, 0.717) is 12.8 Å². The van der Waals surface area contributed by atoms with E-state index in [1.807, 2.05) is 31.2 Å². The smallest absolute Gasteiger partial charge is 0.326 e. The number of nitrogens with one attached hydrogen (secondary N) is 2. The van der Waals surface area contributed by atoms with E-state index in [-0.39, 0.29) is 11.9 Å². The highest BCUT2D eigenvalue weighted by atomic mass is 16.4. The molecule has 108 valence electrons. The van der Waals surface area contributed by atoms with Gasteiger partial charge < -0.3 is 15.7 Å². The molecule has 0 spiro atoms. The lowest BCUT2D eigenvalue weighted by Crippen LogP contribution is -2.47. The number of benzene rings is 1. The standard InChI is InChI=1S/C15H20N2O3/c1-2-3-7-12(15(19)20)17-14(18)13-9-10-6-4-5-8-11(10)16-13/h4-6,8,12-13,16H,2-3,7,9H2,1H3,(H,17,18)(H,19,20). The van der Waals surface area contributed by atoms with Gasteiger partial charge in [-0.3, -0.25) is 4.79 Å². The van der Waals surface area contributed by atoms with Crippen molar-refractivity contribution in [2.75, 3.05) is 5.32 Å². The summed E-state index contributed by atoms with van der Waals surface area (Å²) in [5.41, 5.74) is 2.04. The summed E-state index contributed by atoms with van der Waals surface area (Å²) >= 11 is 0. The molecule has 0 radical (unpaired) electrons. The van der Waals surface area contributed by atoms with E-state index in [9.17, 15) is 9.59 Å². The van der Waals surface area contributed by atoms with Gasteiger partial charge in [0.1, 0.15) is 12.1 Å². The highest BCUT2D eigenvalue weighted by Gasteiger charge is 2.29. The van der Waals surface area contributed by atoms with Gasteiger partial charge >= 0.3 is 5.97 Å². The zero-order valence-electron chi connectivity index (χ0n) is 11.6. The van der Waals surface area contributed by atoms with Gasteiger partial charge in [-0.15, -0.1) is 0 Å². The minimum atomic E-state index is -0.970. The number of anilines is 1. The summed E-state index contributed by atoms with van der Waals surface area (Å²) in [7, 11) is 0. The molecule has 5 heteroatoms. The molecule has 2 rings (SSSR count). The summed E-state index contributed by atoms with van der Waals surface area (Å²) in [6.07, 6.45) is 2.77. The van der Waals surface area contributed by atoms with Crippen LogP contribution in [-0.4, -0.2) is 29.1 Å². The van der Waals surface area contributed by atoms with Crippen molar-refractivity contribution in [3.05, 3.63) is 29.8 Å². The number of hydrogen-bond acceptors (Lipinski definition) is 3. The Hall–Kier alpha value is -2.04. The summed E-state index contributed by atoms with van der Waals surface area (Å²) in [5, 5.41) is 14.9. The van der Waals surface area contributed by atoms with Crippen LogP contribution in [0.5, 0.6) is 0 Å². The average molecular weight is 276 g/mol. The number of carboxylic acids is 1. The van der Waals surface area contributed by atoms with Crippen LogP contribution in [0.25, 0.3) is 0 Å². The van der Waals surface area contributed by atoms with Crippen LogP contribution in [0.4, 0.5) is 5.69 Å². The number of carboxylic acid groups (broad SMARTS) is 1. The van der Waals surface area contributed by atoms with Crippen LogP contribution in [0.2, 0.25) is 0 Å². The summed E-state index contributed by atoms with van der Waals surface area (Å²) in [6.45, 7) is 2.00. The van der Waals surface area contributed by atoms with E-state index in [1.165, 1.54) is 0 Å². The van der Waals surface area contributed by atoms with Crippen LogP contribution < -0.4 is 10.6 Å².